The van der Waals surface area contributed by atoms with E-state index >= 15 is 0 Å². The van der Waals surface area contributed by atoms with Crippen molar-refractivity contribution >= 4 is 5.91 Å². The molecule has 1 amide bonds. The van der Waals surface area contributed by atoms with Gasteiger partial charge in [0.15, 0.2) is 11.5 Å². The number of likely N-dealkylation sites (tertiary alicyclic amines) is 1. The Balaban J connectivity index is 1.39. The molecule has 148 valence electrons. The van der Waals surface area contributed by atoms with Crippen molar-refractivity contribution in [2.45, 2.75) is 58.0 Å². The predicted octanol–water partition coefficient (Wildman–Crippen LogP) is 3.54. The van der Waals surface area contributed by atoms with Crippen molar-refractivity contribution in [1.82, 2.24) is 10.2 Å². The minimum Gasteiger partial charge on any atom is -0.486 e. The number of rotatable bonds is 4. The highest BCUT2D eigenvalue weighted by molar-refractivity contribution is 5.78. The van der Waals surface area contributed by atoms with Gasteiger partial charge in [0.05, 0.1) is 6.54 Å². The zero-order valence-electron chi connectivity index (χ0n) is 16.6. The number of fused-ring (bicyclic) bond motifs is 1. The lowest BCUT2D eigenvalue weighted by atomic mass is 9.78. The molecule has 0 bridgehead atoms. The smallest absolute Gasteiger partial charge is 0.234 e. The third-order valence-electron chi connectivity index (χ3n) is 6.71. The zero-order valence-corrected chi connectivity index (χ0v) is 16.6. The molecular formula is C22H32N2O3. The lowest BCUT2D eigenvalue weighted by Gasteiger charge is -2.35. The third kappa shape index (κ3) is 4.08. The van der Waals surface area contributed by atoms with Gasteiger partial charge >= 0.3 is 0 Å². The van der Waals surface area contributed by atoms with Gasteiger partial charge in [-0.05, 0) is 55.3 Å². The van der Waals surface area contributed by atoms with E-state index in [-0.39, 0.29) is 11.9 Å². The van der Waals surface area contributed by atoms with Crippen molar-refractivity contribution in [3.8, 4) is 11.5 Å². The van der Waals surface area contributed by atoms with Crippen LogP contribution in [0.15, 0.2) is 18.2 Å². The van der Waals surface area contributed by atoms with Crippen molar-refractivity contribution in [1.29, 1.82) is 0 Å². The first-order valence-electron chi connectivity index (χ1n) is 10.5. The van der Waals surface area contributed by atoms with Crippen molar-refractivity contribution in [3.63, 3.8) is 0 Å². The molecule has 1 aromatic carbocycles. The lowest BCUT2D eigenvalue weighted by molar-refractivity contribution is -0.123. The number of hydrogen-bond acceptors (Lipinski definition) is 4. The molecule has 1 aromatic rings. The van der Waals surface area contributed by atoms with Crippen LogP contribution in [0.1, 0.15) is 57.6 Å². The van der Waals surface area contributed by atoms with Crippen LogP contribution < -0.4 is 14.8 Å². The number of nitrogens with zero attached hydrogens (tertiary/aromatic N) is 1. The molecule has 3 aliphatic rings. The Labute approximate surface area is 162 Å². The number of ether oxygens (including phenoxy) is 2. The minimum absolute atomic E-state index is 0.172. The van der Waals surface area contributed by atoms with Crippen molar-refractivity contribution in [2.75, 3.05) is 26.3 Å². The summed E-state index contributed by atoms with van der Waals surface area (Å²) >= 11 is 0. The lowest BCUT2D eigenvalue weighted by Crippen LogP contribution is -2.47. The van der Waals surface area contributed by atoms with E-state index in [2.05, 4.69) is 36.2 Å². The van der Waals surface area contributed by atoms with Crippen LogP contribution >= 0.6 is 0 Å². The summed E-state index contributed by atoms with van der Waals surface area (Å²) < 4.78 is 11.4. The summed E-state index contributed by atoms with van der Waals surface area (Å²) in [5.74, 6) is 3.09. The Morgan fingerprint density at radius 3 is 2.78 bits per heavy atom. The molecule has 2 heterocycles. The predicted molar refractivity (Wildman–Crippen MR) is 105 cm³/mol. The molecule has 4 unspecified atom stereocenters. The summed E-state index contributed by atoms with van der Waals surface area (Å²) in [6.45, 7) is 7.26. The maximum absolute atomic E-state index is 12.7. The summed E-state index contributed by atoms with van der Waals surface area (Å²) in [5, 5.41) is 3.32. The van der Waals surface area contributed by atoms with Gasteiger partial charge in [0, 0.05) is 12.1 Å². The van der Waals surface area contributed by atoms with Crippen LogP contribution in [0.25, 0.3) is 0 Å². The van der Waals surface area contributed by atoms with Crippen LogP contribution in [-0.2, 0) is 4.79 Å². The average Bonchev–Trinajstić information content (AvgIpc) is 3.13. The number of carbonyl (C=O) groups excluding carboxylic acids is 1. The number of hydrogen-bond donors (Lipinski definition) is 1. The van der Waals surface area contributed by atoms with E-state index in [4.69, 9.17) is 9.47 Å². The van der Waals surface area contributed by atoms with Crippen LogP contribution in [0.3, 0.4) is 0 Å². The van der Waals surface area contributed by atoms with Crippen LogP contribution in [-0.4, -0.2) is 43.2 Å². The summed E-state index contributed by atoms with van der Waals surface area (Å²) in [5.41, 5.74) is 1.23. The Bertz CT molecular complexity index is 678. The molecule has 1 N–H and O–H groups in total. The fourth-order valence-corrected chi connectivity index (χ4v) is 4.88. The first-order valence-corrected chi connectivity index (χ1v) is 10.5. The van der Waals surface area contributed by atoms with Gasteiger partial charge in [0.25, 0.3) is 0 Å². The maximum atomic E-state index is 12.7. The second-order valence-electron chi connectivity index (χ2n) is 8.47. The molecule has 27 heavy (non-hydrogen) atoms. The van der Waals surface area contributed by atoms with Crippen LogP contribution in [0, 0.1) is 11.8 Å². The van der Waals surface area contributed by atoms with Crippen LogP contribution in [0.2, 0.25) is 0 Å². The fraction of sp³-hybridized carbons (Fsp3) is 0.682. The second kappa shape index (κ2) is 8.09. The topological polar surface area (TPSA) is 50.8 Å². The zero-order chi connectivity index (χ0) is 18.8. The molecule has 2 aliphatic heterocycles. The summed E-state index contributed by atoms with van der Waals surface area (Å²) in [6, 6.07) is 6.84. The molecule has 0 spiro atoms. The Hall–Kier alpha value is -1.75. The van der Waals surface area contributed by atoms with Gasteiger partial charge in [-0.1, -0.05) is 32.8 Å². The van der Waals surface area contributed by atoms with Gasteiger partial charge in [-0.2, -0.15) is 0 Å². The minimum atomic E-state index is 0.172. The molecule has 1 saturated heterocycles. The Morgan fingerprint density at radius 2 is 1.93 bits per heavy atom. The Morgan fingerprint density at radius 1 is 1.11 bits per heavy atom. The molecule has 4 atom stereocenters. The van der Waals surface area contributed by atoms with Crippen LogP contribution in [0.5, 0.6) is 11.5 Å². The van der Waals surface area contributed by atoms with E-state index in [1.807, 2.05) is 6.07 Å². The molecule has 0 aromatic heterocycles. The van der Waals surface area contributed by atoms with E-state index < -0.39 is 0 Å². The highest BCUT2D eigenvalue weighted by Crippen LogP contribution is 2.38. The van der Waals surface area contributed by atoms with Crippen molar-refractivity contribution < 1.29 is 14.3 Å². The standard InChI is InChI=1S/C22H32N2O3/c1-15-5-3-6-18(16(15)2)23-22(25)14-24-10-4-7-19(24)17-8-9-20-21(13-17)27-12-11-26-20/h8-9,13,15-16,18-19H,3-7,10-12,14H2,1-2H3,(H,23,25). The van der Waals surface area contributed by atoms with Crippen molar-refractivity contribution in [2.24, 2.45) is 11.8 Å². The highest BCUT2D eigenvalue weighted by Gasteiger charge is 2.31. The van der Waals surface area contributed by atoms with Gasteiger partial charge in [-0.25, -0.2) is 0 Å². The normalized spacial score (nSPS) is 30.9. The molecule has 1 saturated carbocycles. The van der Waals surface area contributed by atoms with Crippen LogP contribution in [0.4, 0.5) is 0 Å². The summed E-state index contributed by atoms with van der Waals surface area (Å²) in [6.07, 6.45) is 5.84. The number of amides is 1. The van der Waals surface area contributed by atoms with E-state index in [0.29, 0.717) is 37.6 Å². The first kappa shape index (κ1) is 18.6. The van der Waals surface area contributed by atoms with E-state index in [0.717, 1.165) is 37.3 Å². The van der Waals surface area contributed by atoms with Gasteiger partial charge < -0.3 is 14.8 Å². The maximum Gasteiger partial charge on any atom is 0.234 e. The third-order valence-corrected chi connectivity index (χ3v) is 6.71. The largest absolute Gasteiger partial charge is 0.486 e. The molecule has 1 aliphatic carbocycles. The van der Waals surface area contributed by atoms with E-state index in [9.17, 15) is 4.79 Å². The van der Waals surface area contributed by atoms with Gasteiger partial charge in [0.1, 0.15) is 13.2 Å². The second-order valence-corrected chi connectivity index (χ2v) is 8.47. The summed E-state index contributed by atoms with van der Waals surface area (Å²) in [4.78, 5) is 15.0. The fourth-order valence-electron chi connectivity index (χ4n) is 4.88. The van der Waals surface area contributed by atoms with Gasteiger partial charge in [-0.15, -0.1) is 0 Å². The first-order chi connectivity index (χ1) is 13.1. The monoisotopic (exact) mass is 372 g/mol. The molecule has 5 nitrogen and oxygen atoms in total. The quantitative estimate of drug-likeness (QED) is 0.878. The molecule has 4 rings (SSSR count). The van der Waals surface area contributed by atoms with E-state index in [1.54, 1.807) is 0 Å². The molecule has 5 heteroatoms. The molecule has 0 radical (unpaired) electrons. The highest BCUT2D eigenvalue weighted by atomic mass is 16.6. The average molecular weight is 373 g/mol. The number of carbonyl (C=O) groups is 1. The Kier molecular flexibility index (Phi) is 5.58. The van der Waals surface area contributed by atoms with Gasteiger partial charge in [0.2, 0.25) is 5.91 Å². The molecule has 2 fully saturated rings. The number of nitrogens with one attached hydrogen (secondary N) is 1. The van der Waals surface area contributed by atoms with Crippen molar-refractivity contribution in [3.05, 3.63) is 23.8 Å². The van der Waals surface area contributed by atoms with Gasteiger partial charge in [-0.3, -0.25) is 9.69 Å². The summed E-state index contributed by atoms with van der Waals surface area (Å²) in [7, 11) is 0. The van der Waals surface area contributed by atoms with E-state index in [1.165, 1.54) is 18.4 Å². The SMILES string of the molecule is CC1CCCC(NC(=O)CN2CCCC2c2ccc3c(c2)OCCO3)C1C. The number of benzene rings is 1. The molecular weight excluding hydrogens is 340 g/mol.